The molecule has 0 spiro atoms. The van der Waals surface area contributed by atoms with Crippen molar-refractivity contribution in [2.45, 2.75) is 64.5 Å². The molecule has 28 heavy (non-hydrogen) atoms. The van der Waals surface area contributed by atoms with Gasteiger partial charge in [-0.25, -0.2) is 9.78 Å². The molecule has 6 heteroatoms. The third kappa shape index (κ3) is 4.66. The number of rotatable bonds is 5. The van der Waals surface area contributed by atoms with Crippen LogP contribution in [-0.4, -0.2) is 28.8 Å². The van der Waals surface area contributed by atoms with E-state index in [0.29, 0.717) is 5.92 Å². The lowest BCUT2D eigenvalue weighted by Crippen LogP contribution is -2.38. The van der Waals surface area contributed by atoms with E-state index in [4.69, 9.17) is 14.5 Å². The highest BCUT2D eigenvalue weighted by molar-refractivity contribution is 5.81. The molecule has 1 atom stereocenters. The van der Waals surface area contributed by atoms with Gasteiger partial charge in [-0.05, 0) is 45.6 Å². The van der Waals surface area contributed by atoms with Crippen LogP contribution in [0, 0.1) is 5.92 Å². The third-order valence-electron chi connectivity index (χ3n) is 5.16. The molecule has 6 nitrogen and oxygen atoms in total. The molecule has 0 bridgehead atoms. The molecule has 0 aliphatic heterocycles. The number of ether oxygens (including phenoxy) is 2. The van der Waals surface area contributed by atoms with Crippen LogP contribution in [0.25, 0.3) is 17.1 Å². The summed E-state index contributed by atoms with van der Waals surface area (Å²) >= 11 is 0. The molecule has 1 amide bonds. The molecule has 1 aromatic heterocycles. The minimum absolute atomic E-state index is 0.208. The van der Waals surface area contributed by atoms with E-state index in [2.05, 4.69) is 16.9 Å². The minimum Gasteiger partial charge on any atom is -0.496 e. The van der Waals surface area contributed by atoms with Crippen LogP contribution < -0.4 is 10.1 Å². The summed E-state index contributed by atoms with van der Waals surface area (Å²) < 4.78 is 10.9. The zero-order valence-corrected chi connectivity index (χ0v) is 17.3. The van der Waals surface area contributed by atoms with Crippen LogP contribution in [0.4, 0.5) is 4.79 Å². The number of amides is 1. The maximum absolute atomic E-state index is 12.5. The van der Waals surface area contributed by atoms with Crippen molar-refractivity contribution < 1.29 is 14.3 Å². The molecule has 0 saturated heterocycles. The first-order valence-corrected chi connectivity index (χ1v) is 10.0. The van der Waals surface area contributed by atoms with Gasteiger partial charge >= 0.3 is 6.09 Å². The van der Waals surface area contributed by atoms with Crippen molar-refractivity contribution in [3.8, 4) is 5.75 Å². The van der Waals surface area contributed by atoms with Crippen LogP contribution in [0.2, 0.25) is 0 Å². The van der Waals surface area contributed by atoms with Crippen molar-refractivity contribution in [2.24, 2.45) is 5.92 Å². The second kappa shape index (κ2) is 8.25. The number of aromatic nitrogens is 2. The summed E-state index contributed by atoms with van der Waals surface area (Å²) in [5.41, 5.74) is 2.07. The Hall–Kier alpha value is -2.50. The zero-order valence-electron chi connectivity index (χ0n) is 17.3. The Balaban J connectivity index is 1.94. The van der Waals surface area contributed by atoms with E-state index in [0.717, 1.165) is 41.0 Å². The van der Waals surface area contributed by atoms with E-state index in [1.165, 1.54) is 19.3 Å². The van der Waals surface area contributed by atoms with E-state index >= 15 is 0 Å². The fraction of sp³-hybridized carbons (Fsp3) is 0.545. The lowest BCUT2D eigenvalue weighted by molar-refractivity contribution is 0.0472. The average Bonchev–Trinajstić information content (AvgIpc) is 3.06. The number of nitrogens with one attached hydrogen (secondary N) is 2. The molecule has 1 aromatic carbocycles. The van der Waals surface area contributed by atoms with E-state index in [-0.39, 0.29) is 6.04 Å². The quantitative estimate of drug-likeness (QED) is 0.726. The van der Waals surface area contributed by atoms with Gasteiger partial charge in [0, 0.05) is 11.6 Å². The van der Waals surface area contributed by atoms with E-state index in [9.17, 15) is 4.79 Å². The summed E-state index contributed by atoms with van der Waals surface area (Å²) in [6.07, 6.45) is 7.08. The smallest absolute Gasteiger partial charge is 0.408 e. The standard InChI is InChI=1S/C22H31N3O3/c1-6-14-12-16-17(13-18(14)27-5)24-20(23-16)19(15-10-8-7-9-11-15)25-21(26)28-22(2,3)4/h6,12-13,15,19H,1,7-11H2,2-5H3,(H,23,24)(H,25,26). The molecule has 3 rings (SSSR count). The van der Waals surface area contributed by atoms with Gasteiger partial charge in [-0.2, -0.15) is 0 Å². The number of H-pyrrole nitrogens is 1. The molecule has 1 aliphatic carbocycles. The number of methoxy groups -OCH3 is 1. The second-order valence-corrected chi connectivity index (χ2v) is 8.46. The van der Waals surface area contributed by atoms with Crippen LogP contribution in [0.1, 0.15) is 70.3 Å². The summed E-state index contributed by atoms with van der Waals surface area (Å²) in [5, 5.41) is 3.07. The summed E-state index contributed by atoms with van der Waals surface area (Å²) in [6, 6.07) is 3.67. The minimum atomic E-state index is -0.540. The first kappa shape index (κ1) is 20.2. The highest BCUT2D eigenvalue weighted by Crippen LogP contribution is 2.35. The largest absolute Gasteiger partial charge is 0.496 e. The van der Waals surface area contributed by atoms with Gasteiger partial charge in [-0.3, -0.25) is 0 Å². The molecule has 2 aromatic rings. The number of fused-ring (bicyclic) bond motifs is 1. The number of alkyl carbamates (subject to hydrolysis) is 1. The van der Waals surface area contributed by atoms with Crippen molar-refractivity contribution >= 4 is 23.2 Å². The predicted octanol–water partition coefficient (Wildman–Crippen LogP) is 5.36. The fourth-order valence-corrected chi connectivity index (χ4v) is 3.87. The fourth-order valence-electron chi connectivity index (χ4n) is 3.87. The van der Waals surface area contributed by atoms with Gasteiger partial charge in [0.15, 0.2) is 0 Å². The van der Waals surface area contributed by atoms with Crippen LogP contribution in [0.5, 0.6) is 5.75 Å². The van der Waals surface area contributed by atoms with Gasteiger partial charge in [-0.1, -0.05) is 31.9 Å². The molecule has 1 heterocycles. The Morgan fingerprint density at radius 1 is 1.32 bits per heavy atom. The summed E-state index contributed by atoms with van der Waals surface area (Å²) in [4.78, 5) is 20.7. The Morgan fingerprint density at radius 2 is 2.04 bits per heavy atom. The molecular weight excluding hydrogens is 354 g/mol. The van der Waals surface area contributed by atoms with Gasteiger partial charge < -0.3 is 19.8 Å². The molecular formula is C22H31N3O3. The molecule has 1 unspecified atom stereocenters. The molecule has 1 fully saturated rings. The van der Waals surface area contributed by atoms with Gasteiger partial charge in [0.05, 0.1) is 24.2 Å². The van der Waals surface area contributed by atoms with Crippen molar-refractivity contribution in [3.05, 3.63) is 30.1 Å². The van der Waals surface area contributed by atoms with E-state index in [1.54, 1.807) is 13.2 Å². The Bertz CT molecular complexity index is 845. The normalized spacial score (nSPS) is 16.6. The van der Waals surface area contributed by atoms with E-state index < -0.39 is 11.7 Å². The van der Waals surface area contributed by atoms with Crippen molar-refractivity contribution in [2.75, 3.05) is 7.11 Å². The molecule has 0 radical (unpaired) electrons. The van der Waals surface area contributed by atoms with Gasteiger partial charge in [0.25, 0.3) is 0 Å². The number of carbonyl (C=O) groups is 1. The van der Waals surface area contributed by atoms with Crippen LogP contribution in [-0.2, 0) is 4.74 Å². The molecule has 1 aliphatic rings. The Labute approximate surface area is 166 Å². The maximum atomic E-state index is 12.5. The van der Waals surface area contributed by atoms with Gasteiger partial charge in [-0.15, -0.1) is 0 Å². The number of benzene rings is 1. The van der Waals surface area contributed by atoms with Crippen molar-refractivity contribution in [1.82, 2.24) is 15.3 Å². The van der Waals surface area contributed by atoms with Crippen LogP contribution in [0.15, 0.2) is 18.7 Å². The summed E-state index contributed by atoms with van der Waals surface area (Å²) in [6.45, 7) is 9.45. The lowest BCUT2D eigenvalue weighted by Gasteiger charge is -2.30. The summed E-state index contributed by atoms with van der Waals surface area (Å²) in [5.74, 6) is 1.83. The number of nitrogens with zero attached hydrogens (tertiary/aromatic N) is 1. The first-order valence-electron chi connectivity index (χ1n) is 10.0. The van der Waals surface area contributed by atoms with Crippen LogP contribution >= 0.6 is 0 Å². The monoisotopic (exact) mass is 385 g/mol. The Kier molecular flexibility index (Phi) is 5.96. The molecule has 2 N–H and O–H groups in total. The average molecular weight is 386 g/mol. The predicted molar refractivity (Wildman–Crippen MR) is 111 cm³/mol. The third-order valence-corrected chi connectivity index (χ3v) is 5.16. The lowest BCUT2D eigenvalue weighted by atomic mass is 9.83. The highest BCUT2D eigenvalue weighted by atomic mass is 16.6. The maximum Gasteiger partial charge on any atom is 0.408 e. The number of hydrogen-bond acceptors (Lipinski definition) is 4. The number of imidazole rings is 1. The topological polar surface area (TPSA) is 76.2 Å². The molecule has 1 saturated carbocycles. The number of carbonyl (C=O) groups excluding carboxylic acids is 1. The second-order valence-electron chi connectivity index (χ2n) is 8.46. The zero-order chi connectivity index (χ0) is 20.3. The summed E-state index contributed by atoms with van der Waals surface area (Å²) in [7, 11) is 1.64. The van der Waals surface area contributed by atoms with E-state index in [1.807, 2.05) is 32.9 Å². The highest BCUT2D eigenvalue weighted by Gasteiger charge is 2.30. The van der Waals surface area contributed by atoms with Crippen molar-refractivity contribution in [3.63, 3.8) is 0 Å². The number of hydrogen-bond donors (Lipinski definition) is 2. The first-order chi connectivity index (χ1) is 13.3. The number of aromatic amines is 1. The van der Waals surface area contributed by atoms with Gasteiger partial charge in [0.1, 0.15) is 17.2 Å². The van der Waals surface area contributed by atoms with Gasteiger partial charge in [0.2, 0.25) is 0 Å². The Morgan fingerprint density at radius 3 is 2.64 bits per heavy atom. The van der Waals surface area contributed by atoms with Crippen LogP contribution in [0.3, 0.4) is 0 Å². The molecule has 152 valence electrons. The van der Waals surface area contributed by atoms with Crippen molar-refractivity contribution in [1.29, 1.82) is 0 Å². The SMILES string of the molecule is C=Cc1cc2[nH]c(C(NC(=O)OC(C)(C)C)C3CCCCC3)nc2cc1OC.